The number of nitrogens with zero attached hydrogens (tertiary/aromatic N) is 2. The quantitative estimate of drug-likeness (QED) is 0.264. The maximum absolute atomic E-state index is 13.9. The Bertz CT molecular complexity index is 1390. The van der Waals surface area contributed by atoms with Crippen LogP contribution in [0.2, 0.25) is 10.0 Å². The Morgan fingerprint density at radius 2 is 1.51 bits per heavy atom. The number of amides is 2. The summed E-state index contributed by atoms with van der Waals surface area (Å²) < 4.78 is 29.3. The standard InChI is InChI=1S/C28H30BrCl2N3O4S/c1-4-19(2)32-28(36)20(3)33(17-24-25(30)11-8-12-26(24)31)27(35)18-34(22-15-13-21(29)14-16-22)39(37,38)23-9-6-5-7-10-23/h5-16,19-20H,4,17-18H2,1-3H3,(H,32,36)/t19-,20+/m1/s1. The molecule has 0 heterocycles. The molecule has 3 aromatic rings. The average Bonchev–Trinajstić information content (AvgIpc) is 2.92. The minimum atomic E-state index is -4.14. The van der Waals surface area contributed by atoms with Gasteiger partial charge in [0, 0.05) is 32.7 Å². The second-order valence-electron chi connectivity index (χ2n) is 9.02. The molecule has 208 valence electrons. The first-order valence-electron chi connectivity index (χ1n) is 12.3. The Hall–Kier alpha value is -2.59. The van der Waals surface area contributed by atoms with Crippen LogP contribution in [0.15, 0.2) is 82.2 Å². The van der Waals surface area contributed by atoms with E-state index in [0.717, 1.165) is 8.78 Å². The molecular formula is C28H30BrCl2N3O4S. The van der Waals surface area contributed by atoms with Crippen LogP contribution in [0.5, 0.6) is 0 Å². The van der Waals surface area contributed by atoms with Crippen molar-refractivity contribution in [2.45, 2.75) is 50.7 Å². The SMILES string of the molecule is CC[C@@H](C)NC(=O)[C@H](C)N(Cc1c(Cl)cccc1Cl)C(=O)CN(c1ccc(Br)cc1)S(=O)(=O)c1ccccc1. The van der Waals surface area contributed by atoms with E-state index in [2.05, 4.69) is 21.2 Å². The summed E-state index contributed by atoms with van der Waals surface area (Å²) in [5.74, 6) is -0.970. The molecule has 0 aromatic heterocycles. The molecule has 0 saturated heterocycles. The summed E-state index contributed by atoms with van der Waals surface area (Å²) >= 11 is 16.2. The van der Waals surface area contributed by atoms with Gasteiger partial charge < -0.3 is 10.2 Å². The fourth-order valence-electron chi connectivity index (χ4n) is 3.76. The molecule has 2 amide bonds. The van der Waals surface area contributed by atoms with Gasteiger partial charge in [-0.3, -0.25) is 13.9 Å². The van der Waals surface area contributed by atoms with Gasteiger partial charge in [0.25, 0.3) is 10.0 Å². The van der Waals surface area contributed by atoms with Crippen molar-refractivity contribution in [2.75, 3.05) is 10.8 Å². The van der Waals surface area contributed by atoms with Gasteiger partial charge in [-0.1, -0.05) is 70.3 Å². The van der Waals surface area contributed by atoms with Crippen LogP contribution in [0.3, 0.4) is 0 Å². The van der Waals surface area contributed by atoms with Gasteiger partial charge in [0.15, 0.2) is 0 Å². The topological polar surface area (TPSA) is 86.8 Å². The summed E-state index contributed by atoms with van der Waals surface area (Å²) in [6.07, 6.45) is 0.704. The fraction of sp³-hybridized carbons (Fsp3) is 0.286. The van der Waals surface area contributed by atoms with Gasteiger partial charge in [0.05, 0.1) is 10.6 Å². The number of anilines is 1. The van der Waals surface area contributed by atoms with Gasteiger partial charge in [0.1, 0.15) is 12.6 Å². The van der Waals surface area contributed by atoms with E-state index in [1.165, 1.54) is 17.0 Å². The van der Waals surface area contributed by atoms with Gasteiger partial charge >= 0.3 is 0 Å². The first kappa shape index (κ1) is 30.9. The summed E-state index contributed by atoms with van der Waals surface area (Å²) in [5, 5.41) is 3.55. The molecule has 0 aliphatic heterocycles. The van der Waals surface area contributed by atoms with Crippen molar-refractivity contribution in [3.05, 3.63) is 92.9 Å². The van der Waals surface area contributed by atoms with E-state index in [-0.39, 0.29) is 23.4 Å². The molecule has 0 aliphatic carbocycles. The van der Waals surface area contributed by atoms with E-state index in [4.69, 9.17) is 23.2 Å². The third kappa shape index (κ3) is 7.75. The summed E-state index contributed by atoms with van der Waals surface area (Å²) in [7, 11) is -4.14. The predicted molar refractivity (Wildman–Crippen MR) is 159 cm³/mol. The molecule has 0 radical (unpaired) electrons. The number of sulfonamides is 1. The highest BCUT2D eigenvalue weighted by Gasteiger charge is 2.33. The van der Waals surface area contributed by atoms with Gasteiger partial charge in [-0.15, -0.1) is 0 Å². The molecule has 11 heteroatoms. The molecule has 0 unspecified atom stereocenters. The van der Waals surface area contributed by atoms with E-state index in [9.17, 15) is 18.0 Å². The Balaban J connectivity index is 2.05. The monoisotopic (exact) mass is 653 g/mol. The van der Waals surface area contributed by atoms with E-state index < -0.39 is 28.5 Å². The van der Waals surface area contributed by atoms with Crippen molar-refractivity contribution in [1.82, 2.24) is 10.2 Å². The van der Waals surface area contributed by atoms with Crippen LogP contribution in [0.4, 0.5) is 5.69 Å². The molecule has 0 bridgehead atoms. The Kier molecular flexibility index (Phi) is 10.8. The zero-order valence-corrected chi connectivity index (χ0v) is 25.7. The second kappa shape index (κ2) is 13.7. The number of halogens is 3. The van der Waals surface area contributed by atoms with Gasteiger partial charge in [-0.2, -0.15) is 0 Å². The first-order valence-corrected chi connectivity index (χ1v) is 15.3. The molecule has 0 fully saturated rings. The average molecular weight is 655 g/mol. The minimum absolute atomic E-state index is 0.0315. The van der Waals surface area contributed by atoms with Crippen LogP contribution in [0.25, 0.3) is 0 Å². The molecule has 0 aliphatic rings. The van der Waals surface area contributed by atoms with Crippen LogP contribution in [-0.4, -0.2) is 43.8 Å². The van der Waals surface area contributed by atoms with E-state index in [1.54, 1.807) is 67.6 Å². The highest BCUT2D eigenvalue weighted by atomic mass is 79.9. The molecule has 0 spiro atoms. The van der Waals surface area contributed by atoms with Crippen LogP contribution in [0.1, 0.15) is 32.8 Å². The summed E-state index contributed by atoms with van der Waals surface area (Å²) in [6.45, 7) is 4.75. The van der Waals surface area contributed by atoms with Crippen molar-refractivity contribution in [3.63, 3.8) is 0 Å². The zero-order valence-electron chi connectivity index (χ0n) is 21.8. The lowest BCUT2D eigenvalue weighted by Gasteiger charge is -2.32. The van der Waals surface area contributed by atoms with Gasteiger partial charge in [-0.05, 0) is 68.8 Å². The van der Waals surface area contributed by atoms with Crippen LogP contribution >= 0.6 is 39.1 Å². The van der Waals surface area contributed by atoms with Crippen molar-refractivity contribution >= 4 is 66.7 Å². The number of hydrogen-bond donors (Lipinski definition) is 1. The van der Waals surface area contributed by atoms with Crippen LogP contribution in [-0.2, 0) is 26.2 Å². The predicted octanol–water partition coefficient (Wildman–Crippen LogP) is 6.28. The zero-order chi connectivity index (χ0) is 28.7. The lowest BCUT2D eigenvalue weighted by Crippen LogP contribution is -2.52. The number of benzene rings is 3. The van der Waals surface area contributed by atoms with Crippen LogP contribution in [0, 0.1) is 0 Å². The lowest BCUT2D eigenvalue weighted by atomic mass is 10.1. The third-order valence-corrected chi connectivity index (χ3v) is 9.31. The van der Waals surface area contributed by atoms with Gasteiger partial charge in [0.2, 0.25) is 11.8 Å². The van der Waals surface area contributed by atoms with E-state index in [1.807, 2.05) is 13.8 Å². The Morgan fingerprint density at radius 1 is 0.923 bits per heavy atom. The third-order valence-electron chi connectivity index (χ3n) is 6.28. The fourth-order valence-corrected chi connectivity index (χ4v) is 5.97. The molecule has 0 saturated carbocycles. The van der Waals surface area contributed by atoms with Crippen LogP contribution < -0.4 is 9.62 Å². The Morgan fingerprint density at radius 3 is 2.08 bits per heavy atom. The number of carbonyl (C=O) groups is 2. The molecule has 7 nitrogen and oxygen atoms in total. The second-order valence-corrected chi connectivity index (χ2v) is 12.6. The number of rotatable bonds is 11. The minimum Gasteiger partial charge on any atom is -0.352 e. The molecule has 3 rings (SSSR count). The normalized spacial score (nSPS) is 12.9. The number of hydrogen-bond acceptors (Lipinski definition) is 4. The molecule has 2 atom stereocenters. The van der Waals surface area contributed by atoms with Crippen molar-refractivity contribution in [1.29, 1.82) is 0 Å². The lowest BCUT2D eigenvalue weighted by molar-refractivity contribution is -0.139. The molecular weight excluding hydrogens is 625 g/mol. The van der Waals surface area contributed by atoms with E-state index in [0.29, 0.717) is 27.7 Å². The highest BCUT2D eigenvalue weighted by Crippen LogP contribution is 2.29. The summed E-state index contributed by atoms with van der Waals surface area (Å²) in [6, 6.07) is 18.4. The molecule has 39 heavy (non-hydrogen) atoms. The maximum Gasteiger partial charge on any atom is 0.264 e. The smallest absolute Gasteiger partial charge is 0.264 e. The van der Waals surface area contributed by atoms with E-state index >= 15 is 0 Å². The largest absolute Gasteiger partial charge is 0.352 e. The van der Waals surface area contributed by atoms with Crippen molar-refractivity contribution in [3.8, 4) is 0 Å². The summed E-state index contributed by atoms with van der Waals surface area (Å²) in [4.78, 5) is 28.4. The molecule has 3 aromatic carbocycles. The number of nitrogens with one attached hydrogen (secondary N) is 1. The van der Waals surface area contributed by atoms with Gasteiger partial charge in [-0.25, -0.2) is 8.42 Å². The van der Waals surface area contributed by atoms with Crippen molar-refractivity contribution in [2.24, 2.45) is 0 Å². The number of carbonyl (C=O) groups excluding carboxylic acids is 2. The summed E-state index contributed by atoms with van der Waals surface area (Å²) in [5.41, 5.74) is 0.751. The maximum atomic E-state index is 13.9. The first-order chi connectivity index (χ1) is 18.4. The van der Waals surface area contributed by atoms with Crippen molar-refractivity contribution < 1.29 is 18.0 Å². The molecule has 1 N–H and O–H groups in total. The highest BCUT2D eigenvalue weighted by molar-refractivity contribution is 9.10. The Labute approximate surface area is 248 Å².